The van der Waals surface area contributed by atoms with Gasteiger partial charge in [0.05, 0.1) is 16.3 Å². The smallest absolute Gasteiger partial charge is 0.264 e. The zero-order chi connectivity index (χ0) is 16.6. The van der Waals surface area contributed by atoms with Gasteiger partial charge in [0, 0.05) is 25.2 Å². The SMILES string of the molecule is Cc1ccc(S(=O)(=O)N2CCCN(C)c3ccccc32)cc1Cl. The third kappa shape index (κ3) is 2.91. The average Bonchev–Trinajstić information content (AvgIpc) is 2.70. The molecule has 0 amide bonds. The Bertz CT molecular complexity index is 836. The minimum absolute atomic E-state index is 0.229. The molecule has 0 atom stereocenters. The lowest BCUT2D eigenvalue weighted by molar-refractivity contribution is 0.590. The largest absolute Gasteiger partial charge is 0.373 e. The molecule has 0 radical (unpaired) electrons. The van der Waals surface area contributed by atoms with Gasteiger partial charge in [0.15, 0.2) is 0 Å². The van der Waals surface area contributed by atoms with E-state index in [9.17, 15) is 8.42 Å². The highest BCUT2D eigenvalue weighted by atomic mass is 35.5. The Labute approximate surface area is 142 Å². The van der Waals surface area contributed by atoms with Crippen LogP contribution in [0.4, 0.5) is 11.4 Å². The molecule has 2 aromatic carbocycles. The van der Waals surface area contributed by atoms with Crippen molar-refractivity contribution in [3.63, 3.8) is 0 Å². The number of halogens is 1. The first-order valence-corrected chi connectivity index (χ1v) is 9.32. The van der Waals surface area contributed by atoms with Gasteiger partial charge < -0.3 is 4.90 Å². The second kappa shape index (κ2) is 6.06. The second-order valence-electron chi connectivity index (χ2n) is 5.75. The average molecular weight is 351 g/mol. The van der Waals surface area contributed by atoms with E-state index in [2.05, 4.69) is 4.90 Å². The molecule has 0 aliphatic carbocycles. The molecule has 0 saturated carbocycles. The molecular formula is C17H19ClN2O2S. The van der Waals surface area contributed by atoms with Gasteiger partial charge in [0.2, 0.25) is 0 Å². The summed E-state index contributed by atoms with van der Waals surface area (Å²) in [6.07, 6.45) is 0.768. The van der Waals surface area contributed by atoms with Crippen LogP contribution in [0.2, 0.25) is 5.02 Å². The van der Waals surface area contributed by atoms with Gasteiger partial charge in [-0.3, -0.25) is 4.31 Å². The summed E-state index contributed by atoms with van der Waals surface area (Å²) in [5, 5.41) is 0.464. The van der Waals surface area contributed by atoms with E-state index in [1.54, 1.807) is 12.1 Å². The van der Waals surface area contributed by atoms with Crippen molar-refractivity contribution >= 4 is 33.0 Å². The fourth-order valence-corrected chi connectivity index (χ4v) is 4.59. The number of fused-ring (bicyclic) bond motifs is 1. The highest BCUT2D eigenvalue weighted by Gasteiger charge is 2.29. The quantitative estimate of drug-likeness (QED) is 0.829. The third-order valence-electron chi connectivity index (χ3n) is 4.15. The number of hydrogen-bond donors (Lipinski definition) is 0. The summed E-state index contributed by atoms with van der Waals surface area (Å²) >= 11 is 6.12. The summed E-state index contributed by atoms with van der Waals surface area (Å²) in [4.78, 5) is 2.32. The van der Waals surface area contributed by atoms with Crippen molar-refractivity contribution in [2.75, 3.05) is 29.3 Å². The van der Waals surface area contributed by atoms with Crippen LogP contribution in [0.1, 0.15) is 12.0 Å². The van der Waals surface area contributed by atoms with E-state index in [1.807, 2.05) is 38.2 Å². The number of sulfonamides is 1. The maximum absolute atomic E-state index is 13.1. The molecule has 0 N–H and O–H groups in total. The predicted molar refractivity (Wildman–Crippen MR) is 95.0 cm³/mol. The Morgan fingerprint density at radius 3 is 2.43 bits per heavy atom. The minimum atomic E-state index is -3.64. The van der Waals surface area contributed by atoms with E-state index >= 15 is 0 Å². The number of benzene rings is 2. The Hall–Kier alpha value is -1.72. The monoisotopic (exact) mass is 350 g/mol. The molecule has 0 saturated heterocycles. The van der Waals surface area contributed by atoms with E-state index < -0.39 is 10.0 Å². The first-order chi connectivity index (χ1) is 10.9. The molecule has 122 valence electrons. The summed E-state index contributed by atoms with van der Waals surface area (Å²) in [5.41, 5.74) is 2.50. The number of anilines is 2. The first kappa shape index (κ1) is 16.1. The van der Waals surface area contributed by atoms with Crippen molar-refractivity contribution in [2.45, 2.75) is 18.2 Å². The van der Waals surface area contributed by atoms with Gasteiger partial charge in [0.1, 0.15) is 0 Å². The van der Waals surface area contributed by atoms with Crippen molar-refractivity contribution in [3.8, 4) is 0 Å². The molecule has 1 aliphatic heterocycles. The zero-order valence-corrected chi connectivity index (χ0v) is 14.7. The molecule has 4 nitrogen and oxygen atoms in total. The van der Waals surface area contributed by atoms with Crippen LogP contribution < -0.4 is 9.21 Å². The molecule has 0 unspecified atom stereocenters. The molecule has 6 heteroatoms. The van der Waals surface area contributed by atoms with Crippen LogP contribution in [0.15, 0.2) is 47.4 Å². The van der Waals surface area contributed by atoms with Crippen molar-refractivity contribution in [2.24, 2.45) is 0 Å². The van der Waals surface area contributed by atoms with Crippen LogP contribution in [0.3, 0.4) is 0 Å². The maximum Gasteiger partial charge on any atom is 0.264 e. The van der Waals surface area contributed by atoms with Gasteiger partial charge in [-0.1, -0.05) is 29.8 Å². The lowest BCUT2D eigenvalue weighted by atomic mass is 10.2. The molecular weight excluding hydrogens is 332 g/mol. The van der Waals surface area contributed by atoms with Gasteiger partial charge in [-0.2, -0.15) is 0 Å². The number of hydrogen-bond acceptors (Lipinski definition) is 3. The van der Waals surface area contributed by atoms with Crippen molar-refractivity contribution in [1.29, 1.82) is 0 Å². The Morgan fingerprint density at radius 1 is 1.04 bits per heavy atom. The highest BCUT2D eigenvalue weighted by molar-refractivity contribution is 7.92. The normalized spacial score (nSPS) is 15.3. The van der Waals surface area contributed by atoms with Gasteiger partial charge >= 0.3 is 0 Å². The van der Waals surface area contributed by atoms with Crippen LogP contribution in [-0.2, 0) is 10.0 Å². The lowest BCUT2D eigenvalue weighted by Gasteiger charge is -2.25. The Morgan fingerprint density at radius 2 is 1.74 bits per heavy atom. The van der Waals surface area contributed by atoms with Gasteiger partial charge in [-0.25, -0.2) is 8.42 Å². The molecule has 1 aliphatic rings. The van der Waals surface area contributed by atoms with E-state index in [0.29, 0.717) is 17.3 Å². The fraction of sp³-hybridized carbons (Fsp3) is 0.294. The predicted octanol–water partition coefficient (Wildman–Crippen LogP) is 3.68. The highest BCUT2D eigenvalue weighted by Crippen LogP contribution is 2.35. The summed E-state index contributed by atoms with van der Waals surface area (Å²) in [7, 11) is -1.66. The number of rotatable bonds is 2. The van der Waals surface area contributed by atoms with E-state index in [-0.39, 0.29) is 4.90 Å². The maximum atomic E-state index is 13.1. The lowest BCUT2D eigenvalue weighted by Crippen LogP contribution is -2.31. The van der Waals surface area contributed by atoms with Crippen LogP contribution in [0.5, 0.6) is 0 Å². The summed E-state index contributed by atoms with van der Waals surface area (Å²) in [6.45, 7) is 3.13. The molecule has 23 heavy (non-hydrogen) atoms. The fourth-order valence-electron chi connectivity index (χ4n) is 2.80. The minimum Gasteiger partial charge on any atom is -0.373 e. The Kier molecular flexibility index (Phi) is 4.25. The molecule has 3 rings (SSSR count). The molecule has 0 aromatic heterocycles. The zero-order valence-electron chi connectivity index (χ0n) is 13.2. The standard InChI is InChI=1S/C17H19ClN2O2S/c1-13-8-9-14(12-15(13)18)23(21,22)20-11-5-10-19(2)16-6-3-4-7-17(16)20/h3-4,6-9,12H,5,10-11H2,1-2H3. The molecule has 0 spiro atoms. The number of para-hydroxylation sites is 2. The van der Waals surface area contributed by atoms with Crippen LogP contribution >= 0.6 is 11.6 Å². The van der Waals surface area contributed by atoms with Gasteiger partial charge in [-0.15, -0.1) is 0 Å². The third-order valence-corrected chi connectivity index (χ3v) is 6.36. The first-order valence-electron chi connectivity index (χ1n) is 7.50. The van der Waals surface area contributed by atoms with Crippen molar-refractivity contribution in [1.82, 2.24) is 0 Å². The van der Waals surface area contributed by atoms with E-state index in [4.69, 9.17) is 11.6 Å². The summed E-state index contributed by atoms with van der Waals surface area (Å²) < 4.78 is 27.7. The van der Waals surface area contributed by atoms with Gasteiger partial charge in [-0.05, 0) is 43.2 Å². The molecule has 0 bridgehead atoms. The molecule has 0 fully saturated rings. The van der Waals surface area contributed by atoms with Crippen molar-refractivity contribution in [3.05, 3.63) is 53.1 Å². The topological polar surface area (TPSA) is 40.6 Å². The van der Waals surface area contributed by atoms with Crippen LogP contribution in [0, 0.1) is 6.92 Å². The van der Waals surface area contributed by atoms with Crippen LogP contribution in [-0.4, -0.2) is 28.6 Å². The summed E-state index contributed by atoms with van der Waals surface area (Å²) in [6, 6.07) is 12.5. The number of nitrogens with zero attached hydrogens (tertiary/aromatic N) is 2. The summed E-state index contributed by atoms with van der Waals surface area (Å²) in [5.74, 6) is 0. The Balaban J connectivity index is 2.12. The van der Waals surface area contributed by atoms with E-state index in [1.165, 1.54) is 10.4 Å². The van der Waals surface area contributed by atoms with Crippen molar-refractivity contribution < 1.29 is 8.42 Å². The van der Waals surface area contributed by atoms with Gasteiger partial charge in [0.25, 0.3) is 10.0 Å². The second-order valence-corrected chi connectivity index (χ2v) is 8.02. The number of aryl methyl sites for hydroxylation is 1. The van der Waals surface area contributed by atoms with E-state index in [0.717, 1.165) is 24.2 Å². The molecule has 1 heterocycles. The van der Waals surface area contributed by atoms with Crippen LogP contribution in [0.25, 0.3) is 0 Å². The molecule has 2 aromatic rings.